The summed E-state index contributed by atoms with van der Waals surface area (Å²) in [7, 11) is 1.43. The van der Waals surface area contributed by atoms with E-state index in [0.717, 1.165) is 25.7 Å². The minimum atomic E-state index is -0.585. The van der Waals surface area contributed by atoms with Crippen molar-refractivity contribution >= 4 is 11.6 Å². The van der Waals surface area contributed by atoms with Gasteiger partial charge in [-0.2, -0.15) is 0 Å². The van der Waals surface area contributed by atoms with Crippen LogP contribution in [0.25, 0.3) is 0 Å². The van der Waals surface area contributed by atoms with Crippen LogP contribution >= 0.6 is 0 Å². The first-order chi connectivity index (χ1) is 11.4. The van der Waals surface area contributed by atoms with Gasteiger partial charge in [-0.05, 0) is 20.3 Å². The van der Waals surface area contributed by atoms with Gasteiger partial charge >= 0.3 is 0 Å². The zero-order valence-corrected chi connectivity index (χ0v) is 14.8. The van der Waals surface area contributed by atoms with E-state index in [1.54, 1.807) is 6.92 Å². The fourth-order valence-corrected chi connectivity index (χ4v) is 2.38. The van der Waals surface area contributed by atoms with Crippen LogP contribution in [0.4, 0.5) is 5.69 Å². The number of hydrogen-bond acceptors (Lipinski definition) is 5. The van der Waals surface area contributed by atoms with Crippen LogP contribution in [0.2, 0.25) is 0 Å². The van der Waals surface area contributed by atoms with E-state index in [1.165, 1.54) is 19.2 Å². The number of ether oxygens (including phenoxy) is 2. The van der Waals surface area contributed by atoms with Crippen molar-refractivity contribution in [3.05, 3.63) is 27.8 Å². The molecule has 1 unspecified atom stereocenters. The third-order valence-corrected chi connectivity index (χ3v) is 3.64. The van der Waals surface area contributed by atoms with Gasteiger partial charge in [0.05, 0.1) is 24.7 Å². The van der Waals surface area contributed by atoms with E-state index in [9.17, 15) is 14.9 Å². The molecule has 0 aliphatic rings. The Bertz CT molecular complexity index is 574. The van der Waals surface area contributed by atoms with Crippen LogP contribution < -0.4 is 14.8 Å². The molecule has 134 valence electrons. The van der Waals surface area contributed by atoms with Crippen molar-refractivity contribution < 1.29 is 19.2 Å². The normalized spacial score (nSPS) is 11.7. The average Bonchev–Trinajstić information content (AvgIpc) is 2.54. The smallest absolute Gasteiger partial charge is 0.286 e. The largest absolute Gasteiger partial charge is 0.493 e. The molecule has 1 amide bonds. The summed E-state index contributed by atoms with van der Waals surface area (Å²) in [6.45, 7) is 6.11. The van der Waals surface area contributed by atoms with Crippen molar-refractivity contribution in [2.75, 3.05) is 13.7 Å². The van der Waals surface area contributed by atoms with Gasteiger partial charge in [-0.25, -0.2) is 0 Å². The van der Waals surface area contributed by atoms with Crippen LogP contribution in [0, 0.1) is 10.1 Å². The average molecular weight is 338 g/mol. The molecule has 0 saturated heterocycles. The van der Waals surface area contributed by atoms with E-state index in [2.05, 4.69) is 12.2 Å². The number of carbonyl (C=O) groups excluding carboxylic acids is 1. The van der Waals surface area contributed by atoms with E-state index in [1.807, 2.05) is 6.92 Å². The standard InChI is InChI=1S/C17H26N2O5/c1-5-7-8-9-12(3)18-17(20)13-10-15(23-4)16(24-6-2)11-14(13)19(21)22/h10-12H,5-9H2,1-4H3,(H,18,20). The molecule has 0 aliphatic carbocycles. The lowest BCUT2D eigenvalue weighted by Crippen LogP contribution is -2.33. The Morgan fingerprint density at radius 1 is 1.29 bits per heavy atom. The number of methoxy groups -OCH3 is 1. The minimum Gasteiger partial charge on any atom is -0.493 e. The number of hydrogen-bond donors (Lipinski definition) is 1. The van der Waals surface area contributed by atoms with Crippen molar-refractivity contribution in [2.45, 2.75) is 52.5 Å². The van der Waals surface area contributed by atoms with Gasteiger partial charge in [0.2, 0.25) is 0 Å². The predicted molar refractivity (Wildman–Crippen MR) is 91.9 cm³/mol. The maximum absolute atomic E-state index is 12.4. The number of unbranched alkanes of at least 4 members (excludes halogenated alkanes) is 2. The Kier molecular flexibility index (Phi) is 8.01. The van der Waals surface area contributed by atoms with Crippen molar-refractivity contribution in [2.24, 2.45) is 0 Å². The zero-order chi connectivity index (χ0) is 18.1. The molecule has 0 saturated carbocycles. The summed E-state index contributed by atoms with van der Waals surface area (Å²) < 4.78 is 10.5. The number of nitrogens with one attached hydrogen (secondary N) is 1. The van der Waals surface area contributed by atoms with Crippen LogP contribution in [0.1, 0.15) is 56.8 Å². The summed E-state index contributed by atoms with van der Waals surface area (Å²) in [5.74, 6) is 0.0672. The Balaban J connectivity index is 3.03. The SMILES string of the molecule is CCCCCC(C)NC(=O)c1cc(OC)c(OCC)cc1[N+](=O)[O-]. The highest BCUT2D eigenvalue weighted by Gasteiger charge is 2.25. The highest BCUT2D eigenvalue weighted by Crippen LogP contribution is 2.34. The summed E-state index contributed by atoms with van der Waals surface area (Å²) in [5, 5.41) is 14.1. The van der Waals surface area contributed by atoms with Gasteiger partial charge in [0.25, 0.3) is 11.6 Å². The lowest BCUT2D eigenvalue weighted by atomic mass is 10.1. The molecule has 1 rings (SSSR count). The number of nitrogens with zero attached hydrogens (tertiary/aromatic N) is 1. The monoisotopic (exact) mass is 338 g/mol. The highest BCUT2D eigenvalue weighted by molar-refractivity contribution is 5.99. The molecule has 1 atom stereocenters. The van der Waals surface area contributed by atoms with Gasteiger partial charge in [0, 0.05) is 12.1 Å². The Labute approximate surface area is 142 Å². The molecule has 0 fully saturated rings. The molecule has 7 heteroatoms. The number of nitro benzene ring substituents is 1. The van der Waals surface area contributed by atoms with Crippen molar-refractivity contribution in [1.29, 1.82) is 0 Å². The highest BCUT2D eigenvalue weighted by atomic mass is 16.6. The van der Waals surface area contributed by atoms with E-state index in [0.29, 0.717) is 12.4 Å². The third kappa shape index (κ3) is 5.40. The number of amides is 1. The molecule has 0 aromatic heterocycles. The topological polar surface area (TPSA) is 90.7 Å². The lowest BCUT2D eigenvalue weighted by Gasteiger charge is -2.15. The zero-order valence-electron chi connectivity index (χ0n) is 14.8. The molecule has 0 radical (unpaired) electrons. The van der Waals surface area contributed by atoms with Gasteiger partial charge in [-0.1, -0.05) is 26.2 Å². The Hall–Kier alpha value is -2.31. The molecule has 7 nitrogen and oxygen atoms in total. The Morgan fingerprint density at radius 2 is 2.00 bits per heavy atom. The van der Waals surface area contributed by atoms with Gasteiger partial charge in [0.15, 0.2) is 11.5 Å². The van der Waals surface area contributed by atoms with E-state index in [4.69, 9.17) is 9.47 Å². The fraction of sp³-hybridized carbons (Fsp3) is 0.588. The summed E-state index contributed by atoms with van der Waals surface area (Å²) in [4.78, 5) is 23.2. The minimum absolute atomic E-state index is 0.0253. The molecule has 0 spiro atoms. The van der Waals surface area contributed by atoms with Crippen LogP contribution in [-0.4, -0.2) is 30.6 Å². The van der Waals surface area contributed by atoms with E-state index in [-0.39, 0.29) is 23.0 Å². The second kappa shape index (κ2) is 9.75. The molecular weight excluding hydrogens is 312 g/mol. The number of carbonyl (C=O) groups is 1. The first-order valence-electron chi connectivity index (χ1n) is 8.24. The molecule has 1 aromatic rings. The van der Waals surface area contributed by atoms with Gasteiger partial charge in [-0.3, -0.25) is 14.9 Å². The van der Waals surface area contributed by atoms with Crippen molar-refractivity contribution in [3.63, 3.8) is 0 Å². The maximum Gasteiger partial charge on any atom is 0.286 e. The quantitative estimate of drug-likeness (QED) is 0.399. The van der Waals surface area contributed by atoms with E-state index >= 15 is 0 Å². The molecule has 1 N–H and O–H groups in total. The number of nitro groups is 1. The number of rotatable bonds is 10. The summed E-state index contributed by atoms with van der Waals surface area (Å²) >= 11 is 0. The molecule has 0 aliphatic heterocycles. The van der Waals surface area contributed by atoms with Crippen LogP contribution in [0.15, 0.2) is 12.1 Å². The summed E-state index contributed by atoms with van der Waals surface area (Å²) in [5.41, 5.74) is -0.319. The first-order valence-corrected chi connectivity index (χ1v) is 8.24. The van der Waals surface area contributed by atoms with Crippen LogP contribution in [-0.2, 0) is 0 Å². The second-order valence-electron chi connectivity index (χ2n) is 5.58. The van der Waals surface area contributed by atoms with Gasteiger partial charge in [-0.15, -0.1) is 0 Å². The molecule has 24 heavy (non-hydrogen) atoms. The van der Waals surface area contributed by atoms with Gasteiger partial charge in [0.1, 0.15) is 5.56 Å². The summed E-state index contributed by atoms with van der Waals surface area (Å²) in [6, 6.07) is 2.54. The van der Waals surface area contributed by atoms with Crippen LogP contribution in [0.5, 0.6) is 11.5 Å². The number of benzene rings is 1. The predicted octanol–water partition coefficient (Wildman–Crippen LogP) is 3.70. The molecule has 0 bridgehead atoms. The van der Waals surface area contributed by atoms with Crippen molar-refractivity contribution in [1.82, 2.24) is 5.32 Å². The van der Waals surface area contributed by atoms with Gasteiger partial charge < -0.3 is 14.8 Å². The van der Waals surface area contributed by atoms with Crippen molar-refractivity contribution in [3.8, 4) is 11.5 Å². The second-order valence-corrected chi connectivity index (χ2v) is 5.58. The third-order valence-electron chi connectivity index (χ3n) is 3.64. The Morgan fingerprint density at radius 3 is 2.54 bits per heavy atom. The van der Waals surface area contributed by atoms with Crippen LogP contribution in [0.3, 0.4) is 0 Å². The summed E-state index contributed by atoms with van der Waals surface area (Å²) in [6.07, 6.45) is 4.04. The molecule has 0 heterocycles. The first kappa shape index (κ1) is 19.7. The molecular formula is C17H26N2O5. The molecule has 1 aromatic carbocycles. The lowest BCUT2D eigenvalue weighted by molar-refractivity contribution is -0.385. The maximum atomic E-state index is 12.4. The van der Waals surface area contributed by atoms with E-state index < -0.39 is 10.8 Å². The fourth-order valence-electron chi connectivity index (χ4n) is 2.38.